The van der Waals surface area contributed by atoms with Gasteiger partial charge >= 0.3 is 12.1 Å². The van der Waals surface area contributed by atoms with Gasteiger partial charge in [0.25, 0.3) is 0 Å². The van der Waals surface area contributed by atoms with E-state index in [1.165, 1.54) is 4.90 Å². The van der Waals surface area contributed by atoms with Gasteiger partial charge in [-0.15, -0.1) is 0 Å². The fourth-order valence-electron chi connectivity index (χ4n) is 1.62. The van der Waals surface area contributed by atoms with Crippen molar-refractivity contribution < 1.29 is 19.4 Å². The van der Waals surface area contributed by atoms with Crippen LogP contribution in [0.15, 0.2) is 0 Å². The number of carbonyl (C=O) groups excluding carboxylic acids is 1. The lowest BCUT2D eigenvalue weighted by Crippen LogP contribution is -2.43. The first-order valence-electron chi connectivity index (χ1n) is 5.19. The van der Waals surface area contributed by atoms with E-state index in [-0.39, 0.29) is 12.6 Å². The van der Waals surface area contributed by atoms with Crippen molar-refractivity contribution in [3.8, 4) is 0 Å². The average Bonchev–Trinajstić information content (AvgIpc) is 2.17. The van der Waals surface area contributed by atoms with E-state index in [4.69, 9.17) is 9.84 Å². The predicted octanol–water partition coefficient (Wildman–Crippen LogP) is 1.33. The van der Waals surface area contributed by atoms with Crippen molar-refractivity contribution in [2.45, 2.75) is 32.8 Å². The lowest BCUT2D eigenvalue weighted by Gasteiger charge is -2.30. The normalized spacial score (nSPS) is 21.5. The number of hydrogen-bond donors (Lipinski definition) is 1. The predicted molar refractivity (Wildman–Crippen MR) is 53.5 cm³/mol. The van der Waals surface area contributed by atoms with Gasteiger partial charge < -0.3 is 14.7 Å². The molecule has 1 atom stereocenters. The van der Waals surface area contributed by atoms with E-state index >= 15 is 0 Å². The van der Waals surface area contributed by atoms with Crippen molar-refractivity contribution in [1.82, 2.24) is 4.90 Å². The molecule has 1 aliphatic rings. The zero-order chi connectivity index (χ0) is 11.4. The molecule has 0 aromatic rings. The maximum Gasteiger partial charge on any atom is 0.410 e. The van der Waals surface area contributed by atoms with Crippen molar-refractivity contribution in [2.24, 2.45) is 5.92 Å². The molecule has 1 amide bonds. The molecule has 0 spiro atoms. The van der Waals surface area contributed by atoms with Crippen molar-refractivity contribution in [3.63, 3.8) is 0 Å². The van der Waals surface area contributed by atoms with E-state index in [9.17, 15) is 9.59 Å². The summed E-state index contributed by atoms with van der Waals surface area (Å²) in [5.74, 6) is -1.28. The summed E-state index contributed by atoms with van der Waals surface area (Å²) in [6.45, 7) is 4.41. The highest BCUT2D eigenvalue weighted by Gasteiger charge is 2.29. The zero-order valence-corrected chi connectivity index (χ0v) is 9.10. The summed E-state index contributed by atoms with van der Waals surface area (Å²) in [7, 11) is 0. The van der Waals surface area contributed by atoms with Gasteiger partial charge in [0.2, 0.25) is 0 Å². The van der Waals surface area contributed by atoms with Gasteiger partial charge in [0, 0.05) is 13.1 Å². The zero-order valence-electron chi connectivity index (χ0n) is 9.10. The molecule has 1 unspecified atom stereocenters. The van der Waals surface area contributed by atoms with Gasteiger partial charge in [-0.2, -0.15) is 0 Å². The third kappa shape index (κ3) is 3.42. The minimum absolute atomic E-state index is 0.164. The fourth-order valence-corrected chi connectivity index (χ4v) is 1.62. The van der Waals surface area contributed by atoms with Crippen LogP contribution in [0.5, 0.6) is 0 Å². The molecule has 0 bridgehead atoms. The van der Waals surface area contributed by atoms with Crippen molar-refractivity contribution in [2.75, 3.05) is 13.1 Å². The summed E-state index contributed by atoms with van der Waals surface area (Å²) >= 11 is 0. The molecule has 1 N–H and O–H groups in total. The highest BCUT2D eigenvalue weighted by molar-refractivity contribution is 5.73. The van der Waals surface area contributed by atoms with Crippen LogP contribution >= 0.6 is 0 Å². The van der Waals surface area contributed by atoms with Gasteiger partial charge in [-0.3, -0.25) is 4.79 Å². The van der Waals surface area contributed by atoms with Crippen LogP contribution < -0.4 is 0 Å². The molecule has 1 aliphatic heterocycles. The number of rotatable bonds is 2. The Morgan fingerprint density at radius 3 is 2.67 bits per heavy atom. The second-order valence-corrected chi connectivity index (χ2v) is 4.06. The second-order valence-electron chi connectivity index (χ2n) is 4.06. The molecule has 0 aliphatic carbocycles. The largest absolute Gasteiger partial charge is 0.481 e. The quantitative estimate of drug-likeness (QED) is 0.754. The molecular formula is C10H17NO4. The lowest BCUT2D eigenvalue weighted by molar-refractivity contribution is -0.143. The van der Waals surface area contributed by atoms with Crippen molar-refractivity contribution in [1.29, 1.82) is 0 Å². The minimum Gasteiger partial charge on any atom is -0.481 e. The van der Waals surface area contributed by atoms with Crippen LogP contribution in [0.4, 0.5) is 4.79 Å². The van der Waals surface area contributed by atoms with Gasteiger partial charge in [-0.25, -0.2) is 4.79 Å². The first-order chi connectivity index (χ1) is 7.00. The Hall–Kier alpha value is -1.26. The first-order valence-corrected chi connectivity index (χ1v) is 5.19. The SMILES string of the molecule is CC(C)OC(=O)N1CCCC(C(=O)O)C1. The summed E-state index contributed by atoms with van der Waals surface area (Å²) in [6.07, 6.45) is 0.795. The second kappa shape index (κ2) is 5.00. The summed E-state index contributed by atoms with van der Waals surface area (Å²) < 4.78 is 5.01. The molecule has 1 heterocycles. The molecule has 1 fully saturated rings. The van der Waals surface area contributed by atoms with Crippen LogP contribution in [0.25, 0.3) is 0 Å². The molecule has 0 saturated carbocycles. The van der Waals surface area contributed by atoms with Crippen LogP contribution in [0, 0.1) is 5.92 Å². The molecule has 15 heavy (non-hydrogen) atoms. The molecule has 1 rings (SSSR count). The van der Waals surface area contributed by atoms with Gasteiger partial charge in [0.15, 0.2) is 0 Å². The maximum atomic E-state index is 11.5. The Kier molecular flexibility index (Phi) is 3.94. The smallest absolute Gasteiger partial charge is 0.410 e. The number of hydrogen-bond acceptors (Lipinski definition) is 3. The number of ether oxygens (including phenoxy) is 1. The van der Waals surface area contributed by atoms with Gasteiger partial charge in [0.1, 0.15) is 0 Å². The van der Waals surface area contributed by atoms with E-state index in [1.54, 1.807) is 13.8 Å². The Labute approximate surface area is 89.0 Å². The summed E-state index contributed by atoms with van der Waals surface area (Å²) in [5, 5.41) is 8.84. The third-order valence-electron chi connectivity index (χ3n) is 2.37. The summed E-state index contributed by atoms with van der Waals surface area (Å²) in [5.41, 5.74) is 0. The molecule has 86 valence electrons. The number of carbonyl (C=O) groups is 2. The number of carboxylic acids is 1. The fraction of sp³-hybridized carbons (Fsp3) is 0.800. The molecule has 0 aromatic carbocycles. The lowest BCUT2D eigenvalue weighted by atomic mass is 9.99. The monoisotopic (exact) mass is 215 g/mol. The Bertz CT molecular complexity index is 252. The number of amides is 1. The van der Waals surface area contributed by atoms with E-state index in [2.05, 4.69) is 0 Å². The van der Waals surface area contributed by atoms with E-state index in [1.807, 2.05) is 0 Å². The third-order valence-corrected chi connectivity index (χ3v) is 2.37. The highest BCUT2D eigenvalue weighted by atomic mass is 16.6. The van der Waals surface area contributed by atoms with Crippen molar-refractivity contribution >= 4 is 12.1 Å². The molecule has 5 nitrogen and oxygen atoms in total. The summed E-state index contributed by atoms with van der Waals surface area (Å²) in [6, 6.07) is 0. The first kappa shape index (κ1) is 11.8. The van der Waals surface area contributed by atoms with Gasteiger partial charge in [-0.05, 0) is 26.7 Å². The number of carboxylic acid groups (broad SMARTS) is 1. The Morgan fingerprint density at radius 1 is 1.47 bits per heavy atom. The molecule has 0 aromatic heterocycles. The Morgan fingerprint density at radius 2 is 2.13 bits per heavy atom. The maximum absolute atomic E-state index is 11.5. The van der Waals surface area contributed by atoms with Crippen LogP contribution in [-0.2, 0) is 9.53 Å². The average molecular weight is 215 g/mol. The number of nitrogens with zero attached hydrogens (tertiary/aromatic N) is 1. The number of aliphatic carboxylic acids is 1. The topological polar surface area (TPSA) is 66.8 Å². The number of likely N-dealkylation sites (tertiary alicyclic amines) is 1. The van der Waals surface area contributed by atoms with E-state index < -0.39 is 18.0 Å². The standard InChI is InChI=1S/C10H17NO4/c1-7(2)15-10(14)11-5-3-4-8(6-11)9(12)13/h7-8H,3-6H2,1-2H3,(H,12,13). The molecule has 5 heteroatoms. The highest BCUT2D eigenvalue weighted by Crippen LogP contribution is 2.17. The number of piperidine rings is 1. The van der Waals surface area contributed by atoms with Crippen LogP contribution in [-0.4, -0.2) is 41.3 Å². The minimum atomic E-state index is -0.836. The Balaban J connectivity index is 2.48. The van der Waals surface area contributed by atoms with Gasteiger partial charge in [-0.1, -0.05) is 0 Å². The van der Waals surface area contributed by atoms with Crippen LogP contribution in [0.1, 0.15) is 26.7 Å². The molecule has 0 radical (unpaired) electrons. The van der Waals surface area contributed by atoms with Crippen molar-refractivity contribution in [3.05, 3.63) is 0 Å². The van der Waals surface area contributed by atoms with Crippen LogP contribution in [0.3, 0.4) is 0 Å². The van der Waals surface area contributed by atoms with Crippen LogP contribution in [0.2, 0.25) is 0 Å². The van der Waals surface area contributed by atoms with E-state index in [0.29, 0.717) is 13.0 Å². The summed E-state index contributed by atoms with van der Waals surface area (Å²) in [4.78, 5) is 23.7. The van der Waals surface area contributed by atoms with E-state index in [0.717, 1.165) is 6.42 Å². The molecule has 1 saturated heterocycles. The molecular weight excluding hydrogens is 198 g/mol. The van der Waals surface area contributed by atoms with Gasteiger partial charge in [0.05, 0.1) is 12.0 Å².